The third-order valence-corrected chi connectivity index (χ3v) is 7.66. The number of amides is 1. The zero-order valence-corrected chi connectivity index (χ0v) is 18.2. The van der Waals surface area contributed by atoms with Crippen LogP contribution in [-0.4, -0.2) is 55.7 Å². The molecule has 2 aromatic heterocycles. The molecule has 1 fully saturated rings. The molecule has 1 amide bonds. The minimum Gasteiger partial charge on any atom is -0.378 e. The van der Waals surface area contributed by atoms with E-state index >= 15 is 0 Å². The van der Waals surface area contributed by atoms with Crippen molar-refractivity contribution in [2.24, 2.45) is 0 Å². The Labute approximate surface area is 181 Å². The van der Waals surface area contributed by atoms with Crippen LogP contribution in [0.25, 0.3) is 11.4 Å². The molecule has 30 heavy (non-hydrogen) atoms. The first kappa shape index (κ1) is 20.8. The topological polar surface area (TPSA) is 115 Å². The number of thiophene rings is 1. The normalized spacial score (nSPS) is 14.7. The molecule has 0 spiro atoms. The summed E-state index contributed by atoms with van der Waals surface area (Å²) in [5.41, 5.74) is 1.64. The number of carbonyl (C=O) groups is 1. The van der Waals surface area contributed by atoms with Crippen molar-refractivity contribution < 1.29 is 22.5 Å². The summed E-state index contributed by atoms with van der Waals surface area (Å²) >= 11 is 7.07. The maximum Gasteiger partial charge on any atom is 0.316 e. The van der Waals surface area contributed by atoms with Crippen molar-refractivity contribution >= 4 is 44.6 Å². The lowest BCUT2D eigenvalue weighted by Gasteiger charge is -2.25. The van der Waals surface area contributed by atoms with Crippen LogP contribution in [0.2, 0.25) is 5.02 Å². The molecule has 1 aromatic carbocycles. The minimum atomic E-state index is -3.82. The highest BCUT2D eigenvalue weighted by Gasteiger charge is 2.25. The van der Waals surface area contributed by atoms with Crippen molar-refractivity contribution in [1.82, 2.24) is 15.0 Å². The Hall–Kier alpha value is -2.47. The third kappa shape index (κ3) is 4.33. The molecule has 9 nitrogen and oxygen atoms in total. The van der Waals surface area contributed by atoms with E-state index in [1.807, 2.05) is 6.92 Å². The number of carbonyl (C=O) groups excluding carboxylic acids is 1. The average Bonchev–Trinajstić information content (AvgIpc) is 3.40. The fraction of sp³-hybridized carbons (Fsp3) is 0.278. The summed E-state index contributed by atoms with van der Waals surface area (Å²) in [6, 6.07) is 6.34. The van der Waals surface area contributed by atoms with E-state index in [0.29, 0.717) is 42.6 Å². The van der Waals surface area contributed by atoms with E-state index in [-0.39, 0.29) is 21.8 Å². The van der Waals surface area contributed by atoms with Gasteiger partial charge in [-0.05, 0) is 30.7 Å². The van der Waals surface area contributed by atoms with Crippen molar-refractivity contribution in [1.29, 1.82) is 0 Å². The highest BCUT2D eigenvalue weighted by molar-refractivity contribution is 7.94. The predicted octanol–water partition coefficient (Wildman–Crippen LogP) is 3.03. The zero-order valence-electron chi connectivity index (χ0n) is 15.8. The van der Waals surface area contributed by atoms with Crippen molar-refractivity contribution in [2.75, 3.05) is 31.0 Å². The molecule has 1 N–H and O–H groups in total. The SMILES string of the molecule is Cc1ccc(NS(=O)(=O)c2cc(-c3noc(C(=O)N4CCOCC4)n3)cs2)cc1Cl. The number of hydrogen-bond donors (Lipinski definition) is 1. The summed E-state index contributed by atoms with van der Waals surface area (Å²) in [5.74, 6) is -0.379. The van der Waals surface area contributed by atoms with Gasteiger partial charge in [0.1, 0.15) is 4.21 Å². The average molecular weight is 469 g/mol. The number of sulfonamides is 1. The number of ether oxygens (including phenoxy) is 1. The first-order valence-corrected chi connectivity index (χ1v) is 11.7. The molecule has 0 aliphatic carbocycles. The fourth-order valence-electron chi connectivity index (χ4n) is 2.77. The number of anilines is 1. The second-order valence-corrected chi connectivity index (χ2v) is 9.78. The number of morpholine rings is 1. The second-order valence-electron chi connectivity index (χ2n) is 6.55. The van der Waals surface area contributed by atoms with Crippen LogP contribution in [0.15, 0.2) is 38.4 Å². The van der Waals surface area contributed by atoms with Gasteiger partial charge in [0.2, 0.25) is 5.82 Å². The third-order valence-electron chi connectivity index (χ3n) is 4.43. The summed E-state index contributed by atoms with van der Waals surface area (Å²) < 4.78 is 38.2. The van der Waals surface area contributed by atoms with E-state index in [2.05, 4.69) is 14.9 Å². The molecule has 158 valence electrons. The summed E-state index contributed by atoms with van der Waals surface area (Å²) in [6.07, 6.45) is 0. The Kier molecular flexibility index (Phi) is 5.78. The molecular weight excluding hydrogens is 452 g/mol. The lowest BCUT2D eigenvalue weighted by molar-refractivity contribution is 0.0272. The smallest absolute Gasteiger partial charge is 0.316 e. The Balaban J connectivity index is 1.51. The van der Waals surface area contributed by atoms with Crippen LogP contribution >= 0.6 is 22.9 Å². The van der Waals surface area contributed by atoms with E-state index in [1.54, 1.807) is 28.5 Å². The molecule has 0 bridgehead atoms. The van der Waals surface area contributed by atoms with Gasteiger partial charge in [-0.2, -0.15) is 4.98 Å². The van der Waals surface area contributed by atoms with Crippen molar-refractivity contribution in [3.05, 3.63) is 46.1 Å². The molecule has 0 saturated carbocycles. The number of nitrogens with zero attached hydrogens (tertiary/aromatic N) is 3. The van der Waals surface area contributed by atoms with E-state index in [0.717, 1.165) is 16.9 Å². The van der Waals surface area contributed by atoms with E-state index in [4.69, 9.17) is 20.9 Å². The molecule has 1 aliphatic heterocycles. The Morgan fingerprint density at radius 2 is 2.03 bits per heavy atom. The van der Waals surface area contributed by atoms with Crippen molar-refractivity contribution in [2.45, 2.75) is 11.1 Å². The number of benzene rings is 1. The van der Waals surface area contributed by atoms with Gasteiger partial charge in [-0.1, -0.05) is 22.8 Å². The van der Waals surface area contributed by atoms with Crippen LogP contribution in [0, 0.1) is 6.92 Å². The largest absolute Gasteiger partial charge is 0.378 e. The standard InChI is InChI=1S/C18H17ClN4O5S2/c1-11-2-3-13(9-14(11)19)22-30(25,26)15-8-12(10-29-15)16-20-17(28-21-16)18(24)23-4-6-27-7-5-23/h2-3,8-10,22H,4-7H2,1H3. The van der Waals surface area contributed by atoms with Gasteiger partial charge in [0.05, 0.1) is 18.9 Å². The molecule has 4 rings (SSSR count). The Bertz CT molecular complexity index is 1180. The van der Waals surface area contributed by atoms with Crippen LogP contribution in [0.3, 0.4) is 0 Å². The molecular formula is C18H17ClN4O5S2. The van der Waals surface area contributed by atoms with Gasteiger partial charge in [0.25, 0.3) is 10.0 Å². The lowest BCUT2D eigenvalue weighted by Crippen LogP contribution is -2.40. The van der Waals surface area contributed by atoms with Crippen LogP contribution in [-0.2, 0) is 14.8 Å². The Morgan fingerprint density at radius 1 is 1.27 bits per heavy atom. The van der Waals surface area contributed by atoms with Crippen LogP contribution in [0.5, 0.6) is 0 Å². The fourth-order valence-corrected chi connectivity index (χ4v) is 5.15. The van der Waals surface area contributed by atoms with Gasteiger partial charge < -0.3 is 14.2 Å². The highest BCUT2D eigenvalue weighted by Crippen LogP contribution is 2.29. The summed E-state index contributed by atoms with van der Waals surface area (Å²) in [6.45, 7) is 3.64. The van der Waals surface area contributed by atoms with E-state index < -0.39 is 10.0 Å². The first-order valence-electron chi connectivity index (χ1n) is 8.92. The molecule has 0 atom stereocenters. The molecule has 3 aromatic rings. The monoisotopic (exact) mass is 468 g/mol. The van der Waals surface area contributed by atoms with Gasteiger partial charge >= 0.3 is 11.8 Å². The first-order chi connectivity index (χ1) is 14.3. The van der Waals surface area contributed by atoms with E-state index in [9.17, 15) is 13.2 Å². The predicted molar refractivity (Wildman–Crippen MR) is 111 cm³/mol. The van der Waals surface area contributed by atoms with Crippen LogP contribution in [0.4, 0.5) is 5.69 Å². The highest BCUT2D eigenvalue weighted by atomic mass is 35.5. The molecule has 3 heterocycles. The van der Waals surface area contributed by atoms with Gasteiger partial charge in [-0.3, -0.25) is 9.52 Å². The number of nitrogens with one attached hydrogen (secondary N) is 1. The van der Waals surface area contributed by atoms with Gasteiger partial charge in [0.15, 0.2) is 0 Å². The van der Waals surface area contributed by atoms with Gasteiger partial charge in [-0.25, -0.2) is 8.42 Å². The Morgan fingerprint density at radius 3 is 2.77 bits per heavy atom. The van der Waals surface area contributed by atoms with Crippen molar-refractivity contribution in [3.8, 4) is 11.4 Å². The van der Waals surface area contributed by atoms with Gasteiger partial charge in [0, 0.05) is 29.1 Å². The number of halogens is 1. The van der Waals surface area contributed by atoms with Gasteiger partial charge in [-0.15, -0.1) is 11.3 Å². The molecule has 12 heteroatoms. The van der Waals surface area contributed by atoms with E-state index in [1.165, 1.54) is 6.07 Å². The lowest BCUT2D eigenvalue weighted by atomic mass is 10.2. The molecule has 0 unspecified atom stereocenters. The molecule has 1 aliphatic rings. The number of aromatic nitrogens is 2. The number of aryl methyl sites for hydroxylation is 1. The maximum absolute atomic E-state index is 12.7. The summed E-state index contributed by atoms with van der Waals surface area (Å²) in [5, 5.41) is 5.86. The summed E-state index contributed by atoms with van der Waals surface area (Å²) in [4.78, 5) is 18.1. The number of rotatable bonds is 5. The van der Waals surface area contributed by atoms with Crippen LogP contribution in [0.1, 0.15) is 16.2 Å². The summed E-state index contributed by atoms with van der Waals surface area (Å²) in [7, 11) is -3.82. The maximum atomic E-state index is 12.7. The second kappa shape index (κ2) is 8.34. The van der Waals surface area contributed by atoms with Crippen molar-refractivity contribution in [3.63, 3.8) is 0 Å². The molecule has 0 radical (unpaired) electrons. The minimum absolute atomic E-state index is 0.0695. The molecule has 1 saturated heterocycles. The van der Waals surface area contributed by atoms with Crippen LogP contribution < -0.4 is 4.72 Å². The number of hydrogen-bond acceptors (Lipinski definition) is 8. The zero-order chi connectivity index (χ0) is 21.3. The quantitative estimate of drug-likeness (QED) is 0.611.